The van der Waals surface area contributed by atoms with Gasteiger partial charge in [-0.3, -0.25) is 4.79 Å². The van der Waals surface area contributed by atoms with Crippen molar-refractivity contribution in [3.05, 3.63) is 71.5 Å². The Bertz CT molecular complexity index is 893. The lowest BCUT2D eigenvalue weighted by Crippen LogP contribution is -2.15. The van der Waals surface area contributed by atoms with E-state index in [1.54, 1.807) is 0 Å². The second-order valence-corrected chi connectivity index (χ2v) is 7.01. The lowest BCUT2D eigenvalue weighted by molar-refractivity contribution is -0.113. The Labute approximate surface area is 163 Å². The molecule has 0 aliphatic carbocycles. The summed E-state index contributed by atoms with van der Waals surface area (Å²) in [6.07, 6.45) is 0.775. The molecule has 27 heavy (non-hydrogen) atoms. The topological polar surface area (TPSA) is 67.0 Å². The van der Waals surface area contributed by atoms with Gasteiger partial charge >= 0.3 is 0 Å². The highest BCUT2D eigenvalue weighted by atomic mass is 32.2. The van der Waals surface area contributed by atoms with Crippen LogP contribution in [-0.4, -0.2) is 28.2 Å². The number of aromatic amines is 1. The van der Waals surface area contributed by atoms with Crippen LogP contribution in [0.5, 0.6) is 5.75 Å². The molecule has 0 unspecified atom stereocenters. The van der Waals surface area contributed by atoms with E-state index in [1.807, 2.05) is 56.3 Å². The number of carbonyl (C=O) groups is 1. The van der Waals surface area contributed by atoms with E-state index in [-0.39, 0.29) is 11.7 Å². The van der Waals surface area contributed by atoms with Crippen LogP contribution in [0.15, 0.2) is 59.8 Å². The molecule has 1 aromatic heterocycles. The van der Waals surface area contributed by atoms with E-state index >= 15 is 0 Å². The van der Waals surface area contributed by atoms with Gasteiger partial charge in [0, 0.05) is 12.1 Å². The predicted octanol–water partition coefficient (Wildman–Crippen LogP) is 4.44. The van der Waals surface area contributed by atoms with E-state index in [0.29, 0.717) is 18.0 Å². The second kappa shape index (κ2) is 9.28. The Morgan fingerprint density at radius 1 is 1.15 bits per heavy atom. The van der Waals surface area contributed by atoms with Crippen LogP contribution in [-0.2, 0) is 11.2 Å². The van der Waals surface area contributed by atoms with Crippen molar-refractivity contribution in [1.29, 1.82) is 0 Å². The standard InChI is InChI=1S/C21H23N3O2S/c1-3-26-19-12-8-7-11-17(19)23-20(25)14-27-21-22-15(2)18(24-21)13-16-9-5-4-6-10-16/h4-12H,3,13-14H2,1-2H3,(H,22,24)(H,23,25). The first kappa shape index (κ1) is 19.0. The summed E-state index contributed by atoms with van der Waals surface area (Å²) < 4.78 is 5.54. The van der Waals surface area contributed by atoms with E-state index in [1.165, 1.54) is 17.3 Å². The van der Waals surface area contributed by atoms with Crippen molar-refractivity contribution in [3.8, 4) is 5.75 Å². The minimum absolute atomic E-state index is 0.0918. The lowest BCUT2D eigenvalue weighted by atomic mass is 10.1. The van der Waals surface area contributed by atoms with Crippen molar-refractivity contribution in [2.45, 2.75) is 25.4 Å². The van der Waals surface area contributed by atoms with Gasteiger partial charge in [-0.1, -0.05) is 54.2 Å². The smallest absolute Gasteiger partial charge is 0.234 e. The second-order valence-electron chi connectivity index (χ2n) is 6.04. The minimum atomic E-state index is -0.0918. The molecule has 0 atom stereocenters. The maximum absolute atomic E-state index is 12.3. The number of rotatable bonds is 8. The molecule has 5 nitrogen and oxygen atoms in total. The number of para-hydroxylation sites is 2. The molecule has 0 spiro atoms. The molecular weight excluding hydrogens is 358 g/mol. The fourth-order valence-corrected chi connectivity index (χ4v) is 3.41. The number of nitrogens with zero attached hydrogens (tertiary/aromatic N) is 1. The predicted molar refractivity (Wildman–Crippen MR) is 110 cm³/mol. The van der Waals surface area contributed by atoms with E-state index in [2.05, 4.69) is 27.4 Å². The Balaban J connectivity index is 1.57. The molecule has 3 aromatic rings. The van der Waals surface area contributed by atoms with E-state index in [4.69, 9.17) is 4.74 Å². The molecule has 2 N–H and O–H groups in total. The van der Waals surface area contributed by atoms with Crippen LogP contribution >= 0.6 is 11.8 Å². The average molecular weight is 382 g/mol. The highest BCUT2D eigenvalue weighted by Crippen LogP contribution is 2.24. The monoisotopic (exact) mass is 381 g/mol. The first-order valence-corrected chi connectivity index (χ1v) is 9.88. The van der Waals surface area contributed by atoms with Gasteiger partial charge in [0.25, 0.3) is 0 Å². The third-order valence-electron chi connectivity index (χ3n) is 3.98. The summed E-state index contributed by atoms with van der Waals surface area (Å²) in [4.78, 5) is 20.2. The number of benzene rings is 2. The number of thioether (sulfide) groups is 1. The number of H-pyrrole nitrogens is 1. The summed E-state index contributed by atoms with van der Waals surface area (Å²) in [6, 6.07) is 17.7. The maximum atomic E-state index is 12.3. The van der Waals surface area contributed by atoms with Gasteiger partial charge in [-0.05, 0) is 31.5 Å². The number of hydrogen-bond acceptors (Lipinski definition) is 4. The van der Waals surface area contributed by atoms with Crippen LogP contribution in [0.1, 0.15) is 23.9 Å². The van der Waals surface area contributed by atoms with Crippen molar-refractivity contribution in [3.63, 3.8) is 0 Å². The van der Waals surface area contributed by atoms with E-state index < -0.39 is 0 Å². The first-order chi connectivity index (χ1) is 13.2. The third kappa shape index (κ3) is 5.37. The quantitative estimate of drug-likeness (QED) is 0.566. The number of aromatic nitrogens is 2. The minimum Gasteiger partial charge on any atom is -0.492 e. The molecule has 0 saturated heterocycles. The molecular formula is C21H23N3O2S. The van der Waals surface area contributed by atoms with Gasteiger partial charge in [0.2, 0.25) is 5.91 Å². The Morgan fingerprint density at radius 3 is 2.67 bits per heavy atom. The van der Waals surface area contributed by atoms with Gasteiger partial charge in [-0.2, -0.15) is 0 Å². The maximum Gasteiger partial charge on any atom is 0.234 e. The highest BCUT2D eigenvalue weighted by Gasteiger charge is 2.12. The van der Waals surface area contributed by atoms with Gasteiger partial charge < -0.3 is 15.0 Å². The molecule has 2 aromatic carbocycles. The average Bonchev–Trinajstić information content (AvgIpc) is 3.02. The summed E-state index contributed by atoms with van der Waals surface area (Å²) in [5.74, 6) is 0.862. The Kier molecular flexibility index (Phi) is 6.54. The van der Waals surface area contributed by atoms with Crippen molar-refractivity contribution in [2.75, 3.05) is 17.7 Å². The van der Waals surface area contributed by atoms with Crippen LogP contribution in [0.3, 0.4) is 0 Å². The van der Waals surface area contributed by atoms with E-state index in [9.17, 15) is 4.79 Å². The molecule has 0 aliphatic heterocycles. The zero-order valence-electron chi connectivity index (χ0n) is 15.5. The molecule has 0 fully saturated rings. The summed E-state index contributed by atoms with van der Waals surface area (Å²) in [7, 11) is 0. The summed E-state index contributed by atoms with van der Waals surface area (Å²) in [5, 5.41) is 3.66. The molecule has 0 saturated carbocycles. The molecule has 1 amide bonds. The van der Waals surface area contributed by atoms with Crippen LogP contribution in [0, 0.1) is 6.92 Å². The Hall–Kier alpha value is -2.73. The van der Waals surface area contributed by atoms with Gasteiger partial charge in [-0.15, -0.1) is 0 Å². The number of carbonyl (C=O) groups excluding carboxylic acids is 1. The largest absolute Gasteiger partial charge is 0.492 e. The molecule has 140 valence electrons. The van der Waals surface area contributed by atoms with Gasteiger partial charge in [0.05, 0.1) is 23.7 Å². The molecule has 6 heteroatoms. The Morgan fingerprint density at radius 2 is 1.89 bits per heavy atom. The van der Waals surface area contributed by atoms with Crippen LogP contribution in [0.4, 0.5) is 5.69 Å². The normalized spacial score (nSPS) is 10.6. The van der Waals surface area contributed by atoms with Crippen molar-refractivity contribution in [2.24, 2.45) is 0 Å². The molecule has 0 bridgehead atoms. The summed E-state index contributed by atoms with van der Waals surface area (Å²) in [6.45, 7) is 4.48. The van der Waals surface area contributed by atoms with Crippen molar-refractivity contribution in [1.82, 2.24) is 9.97 Å². The van der Waals surface area contributed by atoms with Crippen molar-refractivity contribution < 1.29 is 9.53 Å². The van der Waals surface area contributed by atoms with Gasteiger partial charge in [0.1, 0.15) is 5.75 Å². The molecule has 1 heterocycles. The SMILES string of the molecule is CCOc1ccccc1NC(=O)CSc1nc(Cc2ccccc2)c(C)[nH]1. The first-order valence-electron chi connectivity index (χ1n) is 8.89. The fraction of sp³-hybridized carbons (Fsp3) is 0.238. The molecule has 0 aliphatic rings. The van der Waals surface area contributed by atoms with Gasteiger partial charge in [0.15, 0.2) is 5.16 Å². The van der Waals surface area contributed by atoms with E-state index in [0.717, 1.165) is 23.0 Å². The highest BCUT2D eigenvalue weighted by molar-refractivity contribution is 7.99. The molecule has 3 rings (SSSR count). The fourth-order valence-electron chi connectivity index (χ4n) is 2.67. The summed E-state index contributed by atoms with van der Waals surface area (Å²) in [5.41, 5.74) is 3.94. The van der Waals surface area contributed by atoms with Crippen LogP contribution in [0.25, 0.3) is 0 Å². The number of imidazole rings is 1. The van der Waals surface area contributed by atoms with Crippen molar-refractivity contribution >= 4 is 23.4 Å². The number of aryl methyl sites for hydroxylation is 1. The lowest BCUT2D eigenvalue weighted by Gasteiger charge is -2.10. The van der Waals surface area contributed by atoms with Crippen LogP contribution in [0.2, 0.25) is 0 Å². The third-order valence-corrected chi connectivity index (χ3v) is 4.85. The zero-order chi connectivity index (χ0) is 19.1. The number of amides is 1. The number of hydrogen-bond donors (Lipinski definition) is 2. The number of anilines is 1. The number of nitrogens with one attached hydrogen (secondary N) is 2. The van der Waals surface area contributed by atoms with Gasteiger partial charge in [-0.25, -0.2) is 4.98 Å². The van der Waals surface area contributed by atoms with Crippen LogP contribution < -0.4 is 10.1 Å². The zero-order valence-corrected chi connectivity index (χ0v) is 16.3. The summed E-state index contributed by atoms with van der Waals surface area (Å²) >= 11 is 1.39. The number of ether oxygens (including phenoxy) is 1. The molecule has 0 radical (unpaired) electrons.